The van der Waals surface area contributed by atoms with Gasteiger partial charge in [0.25, 0.3) is 5.76 Å². The van der Waals surface area contributed by atoms with Gasteiger partial charge in [-0.05, 0) is 31.6 Å². The third kappa shape index (κ3) is 8.02. The first kappa shape index (κ1) is 24.2. The second-order valence-corrected chi connectivity index (χ2v) is 8.02. The molecule has 1 aliphatic rings. The minimum Gasteiger partial charge on any atom is -0.505 e. The number of ether oxygens (including phenoxy) is 2. The molecule has 0 spiro atoms. The molecule has 3 atom stereocenters. The van der Waals surface area contributed by atoms with Crippen LogP contribution < -0.4 is 0 Å². The van der Waals surface area contributed by atoms with Crippen LogP contribution in [-0.4, -0.2) is 46.1 Å². The van der Waals surface area contributed by atoms with Crippen LogP contribution >= 0.6 is 0 Å². The summed E-state index contributed by atoms with van der Waals surface area (Å²) in [5, 5.41) is 28.3. The molecule has 1 rings (SSSR count). The summed E-state index contributed by atoms with van der Waals surface area (Å²) < 4.78 is 9.59. The summed E-state index contributed by atoms with van der Waals surface area (Å²) in [7, 11) is 0. The lowest BCUT2D eigenvalue weighted by molar-refractivity contribution is -0.151. The van der Waals surface area contributed by atoms with Crippen LogP contribution in [0, 0.1) is 11.8 Å². The van der Waals surface area contributed by atoms with Gasteiger partial charge in [-0.25, -0.2) is 9.59 Å². The van der Waals surface area contributed by atoms with Crippen molar-refractivity contribution in [2.45, 2.75) is 78.4 Å². The van der Waals surface area contributed by atoms with Crippen LogP contribution in [0.1, 0.15) is 66.2 Å². The van der Waals surface area contributed by atoms with Crippen LogP contribution in [0.25, 0.3) is 0 Å². The Labute approximate surface area is 167 Å². The fourth-order valence-electron chi connectivity index (χ4n) is 3.06. The highest BCUT2D eigenvalue weighted by Crippen LogP contribution is 2.25. The molecule has 7 heteroatoms. The van der Waals surface area contributed by atoms with Gasteiger partial charge in [-0.15, -0.1) is 0 Å². The fraction of sp³-hybridized carbons (Fsp3) is 0.714. The lowest BCUT2D eigenvalue weighted by Gasteiger charge is -2.13. The van der Waals surface area contributed by atoms with Gasteiger partial charge in [-0.2, -0.15) is 0 Å². The van der Waals surface area contributed by atoms with Gasteiger partial charge in [-0.1, -0.05) is 52.0 Å². The number of allylic oxidation sites excluding steroid dienone is 1. The Hall–Kier alpha value is -1.86. The first-order valence-electron chi connectivity index (χ1n) is 9.97. The summed E-state index contributed by atoms with van der Waals surface area (Å²) in [5.41, 5.74) is 0.817. The van der Waals surface area contributed by atoms with E-state index < -0.39 is 42.3 Å². The molecular formula is C21H34O7. The van der Waals surface area contributed by atoms with Crippen molar-refractivity contribution in [1.82, 2.24) is 0 Å². The van der Waals surface area contributed by atoms with Crippen LogP contribution in [0.5, 0.6) is 0 Å². The quantitative estimate of drug-likeness (QED) is 0.342. The largest absolute Gasteiger partial charge is 0.505 e. The van der Waals surface area contributed by atoms with E-state index in [1.54, 1.807) is 0 Å². The van der Waals surface area contributed by atoms with Crippen molar-refractivity contribution in [2.75, 3.05) is 6.61 Å². The number of carbonyl (C=O) groups is 2. The summed E-state index contributed by atoms with van der Waals surface area (Å²) in [5.74, 6) is -1.81. The maximum Gasteiger partial charge on any atom is 0.378 e. The third-order valence-electron chi connectivity index (χ3n) is 4.77. The molecule has 0 bridgehead atoms. The Morgan fingerprint density at radius 3 is 2.46 bits per heavy atom. The number of hydrogen-bond donors (Lipinski definition) is 3. The van der Waals surface area contributed by atoms with Crippen LogP contribution in [-0.2, 0) is 19.1 Å². The molecule has 28 heavy (non-hydrogen) atoms. The minimum atomic E-state index is -1.49. The molecule has 1 heterocycles. The number of rotatable bonds is 12. The predicted molar refractivity (Wildman–Crippen MR) is 104 cm³/mol. The highest BCUT2D eigenvalue weighted by atomic mass is 16.6. The molecule has 0 fully saturated rings. The standard InChI is InChI=1S/C21H34O7/c1-13(2)7-5-8-14(3)9-6-10-15(4)11-17(24)27-20-18(25)19(16(23)12-22)28-21(20)26/h11,13-14,16,19,22-23,25H,5-10,12H2,1-4H3/t14?,16-,19+/m0/s1. The average Bonchev–Trinajstić information content (AvgIpc) is 2.88. The zero-order valence-corrected chi connectivity index (χ0v) is 17.3. The van der Waals surface area contributed by atoms with E-state index in [-0.39, 0.29) is 0 Å². The molecule has 0 saturated heterocycles. The maximum atomic E-state index is 12.0. The van der Waals surface area contributed by atoms with Gasteiger partial charge >= 0.3 is 11.9 Å². The van der Waals surface area contributed by atoms with Crippen LogP contribution in [0.4, 0.5) is 0 Å². The van der Waals surface area contributed by atoms with E-state index in [4.69, 9.17) is 14.6 Å². The molecule has 3 N–H and O–H groups in total. The molecule has 1 aliphatic heterocycles. The number of cyclic esters (lactones) is 1. The van der Waals surface area contributed by atoms with Gasteiger partial charge in [0.05, 0.1) is 6.61 Å². The number of carbonyl (C=O) groups excluding carboxylic acids is 2. The molecule has 1 unspecified atom stereocenters. The highest BCUT2D eigenvalue weighted by molar-refractivity contribution is 5.94. The molecule has 0 amide bonds. The van der Waals surface area contributed by atoms with E-state index in [0.717, 1.165) is 30.8 Å². The summed E-state index contributed by atoms with van der Waals surface area (Å²) in [6.45, 7) is 7.80. The second-order valence-electron chi connectivity index (χ2n) is 8.02. The average molecular weight is 398 g/mol. The van der Waals surface area contributed by atoms with Crippen LogP contribution in [0.3, 0.4) is 0 Å². The van der Waals surface area contributed by atoms with Crippen molar-refractivity contribution in [3.63, 3.8) is 0 Å². The smallest absolute Gasteiger partial charge is 0.378 e. The lowest BCUT2D eigenvalue weighted by atomic mass is 9.94. The Morgan fingerprint density at radius 1 is 1.21 bits per heavy atom. The van der Waals surface area contributed by atoms with Crippen molar-refractivity contribution in [3.05, 3.63) is 23.2 Å². The number of hydrogen-bond acceptors (Lipinski definition) is 7. The summed E-state index contributed by atoms with van der Waals surface area (Å²) >= 11 is 0. The van der Waals surface area contributed by atoms with Gasteiger partial charge in [0, 0.05) is 6.08 Å². The predicted octanol–water partition coefficient (Wildman–Crippen LogP) is 3.16. The molecular weight excluding hydrogens is 364 g/mol. The Balaban J connectivity index is 2.45. The number of aliphatic hydroxyl groups excluding tert-OH is 3. The number of aliphatic hydroxyl groups is 3. The Bertz CT molecular complexity index is 592. The number of esters is 2. The molecule has 0 aliphatic carbocycles. The van der Waals surface area contributed by atoms with E-state index in [0.29, 0.717) is 5.92 Å². The van der Waals surface area contributed by atoms with Gasteiger partial charge < -0.3 is 24.8 Å². The normalized spacial score (nSPS) is 19.8. The second kappa shape index (κ2) is 11.9. The van der Waals surface area contributed by atoms with Crippen LogP contribution in [0.15, 0.2) is 23.2 Å². The molecule has 7 nitrogen and oxygen atoms in total. The zero-order chi connectivity index (χ0) is 21.3. The van der Waals surface area contributed by atoms with Crippen molar-refractivity contribution < 1.29 is 34.4 Å². The zero-order valence-electron chi connectivity index (χ0n) is 17.3. The first-order chi connectivity index (χ1) is 13.1. The van der Waals surface area contributed by atoms with Gasteiger partial charge in [-0.3, -0.25) is 0 Å². The van der Waals surface area contributed by atoms with E-state index in [2.05, 4.69) is 20.8 Å². The monoisotopic (exact) mass is 398 g/mol. The van der Waals surface area contributed by atoms with Gasteiger partial charge in [0.15, 0.2) is 11.9 Å². The molecule has 0 aromatic carbocycles. The molecule has 0 radical (unpaired) electrons. The maximum absolute atomic E-state index is 12.0. The first-order valence-corrected chi connectivity index (χ1v) is 9.97. The Morgan fingerprint density at radius 2 is 1.86 bits per heavy atom. The van der Waals surface area contributed by atoms with Gasteiger partial charge in [0.2, 0.25) is 0 Å². The molecule has 0 aromatic rings. The summed E-state index contributed by atoms with van der Waals surface area (Å²) in [4.78, 5) is 23.7. The third-order valence-corrected chi connectivity index (χ3v) is 4.77. The van der Waals surface area contributed by atoms with E-state index >= 15 is 0 Å². The lowest BCUT2D eigenvalue weighted by Crippen LogP contribution is -2.31. The van der Waals surface area contributed by atoms with E-state index in [1.807, 2.05) is 6.92 Å². The SMILES string of the molecule is CC(=CC(=O)OC1=C(O)[C@@H]([C@@H](O)CO)OC1=O)CCCC(C)CCCC(C)C. The van der Waals surface area contributed by atoms with E-state index in [9.17, 15) is 19.8 Å². The minimum absolute atomic E-state index is 0.642. The topological polar surface area (TPSA) is 113 Å². The Kier molecular flexibility index (Phi) is 10.2. The fourth-order valence-corrected chi connectivity index (χ4v) is 3.06. The highest BCUT2D eigenvalue weighted by Gasteiger charge is 2.41. The van der Waals surface area contributed by atoms with Crippen molar-refractivity contribution in [2.24, 2.45) is 11.8 Å². The van der Waals surface area contributed by atoms with E-state index in [1.165, 1.54) is 25.3 Å². The van der Waals surface area contributed by atoms with Gasteiger partial charge in [0.1, 0.15) is 6.10 Å². The molecule has 160 valence electrons. The van der Waals surface area contributed by atoms with Crippen molar-refractivity contribution in [1.29, 1.82) is 0 Å². The van der Waals surface area contributed by atoms with Crippen molar-refractivity contribution in [3.8, 4) is 0 Å². The van der Waals surface area contributed by atoms with Crippen molar-refractivity contribution >= 4 is 11.9 Å². The van der Waals surface area contributed by atoms with Crippen LogP contribution in [0.2, 0.25) is 0 Å². The summed E-state index contributed by atoms with van der Waals surface area (Å²) in [6.07, 6.45) is 4.84. The molecule has 0 aromatic heterocycles. The molecule has 0 saturated carbocycles. The summed E-state index contributed by atoms with van der Waals surface area (Å²) in [6, 6.07) is 0.